The third-order valence-electron chi connectivity index (χ3n) is 4.15. The Kier molecular flexibility index (Phi) is 3.99. The van der Waals surface area contributed by atoms with Gasteiger partial charge < -0.3 is 10.2 Å². The van der Waals surface area contributed by atoms with Crippen LogP contribution in [0.3, 0.4) is 0 Å². The van der Waals surface area contributed by atoms with Gasteiger partial charge in [-0.2, -0.15) is 0 Å². The zero-order valence-electron chi connectivity index (χ0n) is 12.4. The van der Waals surface area contributed by atoms with Crippen molar-refractivity contribution >= 4 is 10.9 Å². The first-order valence-corrected chi connectivity index (χ1v) is 7.52. The Labute approximate surface area is 121 Å². The standard InChI is InChI=1S/C17H23N3/c1-13-9-16-10-15(3-4-17(16)19-11-13)14(2)12-20-7-5-18-6-8-20/h3-4,9-11,14,18H,5-8,12H2,1-2H3. The number of aromatic nitrogens is 1. The molecule has 0 saturated carbocycles. The molecule has 1 saturated heterocycles. The number of hydrogen-bond donors (Lipinski definition) is 1. The fourth-order valence-electron chi connectivity index (χ4n) is 2.95. The van der Waals surface area contributed by atoms with Crippen LogP contribution in [0.25, 0.3) is 10.9 Å². The second kappa shape index (κ2) is 5.90. The van der Waals surface area contributed by atoms with Crippen molar-refractivity contribution in [3.63, 3.8) is 0 Å². The molecule has 1 N–H and O–H groups in total. The molecule has 3 rings (SSSR count). The largest absolute Gasteiger partial charge is 0.314 e. The minimum Gasteiger partial charge on any atom is -0.314 e. The highest BCUT2D eigenvalue weighted by atomic mass is 15.2. The molecule has 1 aromatic heterocycles. The first-order valence-electron chi connectivity index (χ1n) is 7.52. The van der Waals surface area contributed by atoms with E-state index in [9.17, 15) is 0 Å². The molecule has 0 amide bonds. The minimum atomic E-state index is 0.568. The number of fused-ring (bicyclic) bond motifs is 1. The Morgan fingerprint density at radius 3 is 2.85 bits per heavy atom. The van der Waals surface area contributed by atoms with Crippen molar-refractivity contribution in [3.8, 4) is 0 Å². The molecule has 1 atom stereocenters. The summed E-state index contributed by atoms with van der Waals surface area (Å²) in [6.07, 6.45) is 1.94. The van der Waals surface area contributed by atoms with Gasteiger partial charge in [-0.3, -0.25) is 4.98 Å². The van der Waals surface area contributed by atoms with E-state index in [0.717, 1.165) is 25.2 Å². The summed E-state index contributed by atoms with van der Waals surface area (Å²) < 4.78 is 0. The van der Waals surface area contributed by atoms with E-state index in [1.807, 2.05) is 6.20 Å². The van der Waals surface area contributed by atoms with Crippen LogP contribution in [0.4, 0.5) is 0 Å². The molecule has 20 heavy (non-hydrogen) atoms. The van der Waals surface area contributed by atoms with Crippen molar-refractivity contribution < 1.29 is 0 Å². The van der Waals surface area contributed by atoms with Gasteiger partial charge in [0.25, 0.3) is 0 Å². The molecule has 1 aliphatic heterocycles. The minimum absolute atomic E-state index is 0.568. The monoisotopic (exact) mass is 269 g/mol. The summed E-state index contributed by atoms with van der Waals surface area (Å²) in [6, 6.07) is 8.92. The van der Waals surface area contributed by atoms with Gasteiger partial charge in [-0.05, 0) is 42.2 Å². The molecule has 1 aliphatic rings. The second-order valence-electron chi connectivity index (χ2n) is 5.92. The Morgan fingerprint density at radius 2 is 2.05 bits per heavy atom. The van der Waals surface area contributed by atoms with Gasteiger partial charge in [-0.25, -0.2) is 0 Å². The number of hydrogen-bond acceptors (Lipinski definition) is 3. The van der Waals surface area contributed by atoms with Crippen LogP contribution in [0.2, 0.25) is 0 Å². The average molecular weight is 269 g/mol. The van der Waals surface area contributed by atoms with E-state index in [-0.39, 0.29) is 0 Å². The van der Waals surface area contributed by atoms with Crippen LogP contribution >= 0.6 is 0 Å². The van der Waals surface area contributed by atoms with E-state index in [1.54, 1.807) is 0 Å². The Hall–Kier alpha value is -1.45. The van der Waals surface area contributed by atoms with E-state index in [2.05, 4.69) is 53.3 Å². The topological polar surface area (TPSA) is 28.2 Å². The zero-order chi connectivity index (χ0) is 13.9. The van der Waals surface area contributed by atoms with E-state index >= 15 is 0 Å². The fourth-order valence-corrected chi connectivity index (χ4v) is 2.95. The molecule has 3 heteroatoms. The first kappa shape index (κ1) is 13.5. The van der Waals surface area contributed by atoms with E-state index in [4.69, 9.17) is 0 Å². The van der Waals surface area contributed by atoms with E-state index in [1.165, 1.54) is 29.6 Å². The zero-order valence-corrected chi connectivity index (χ0v) is 12.4. The summed E-state index contributed by atoms with van der Waals surface area (Å²) in [5, 5.41) is 4.67. The van der Waals surface area contributed by atoms with Gasteiger partial charge in [0.1, 0.15) is 0 Å². The number of rotatable bonds is 3. The molecule has 106 valence electrons. The molecule has 1 unspecified atom stereocenters. The number of nitrogens with zero attached hydrogens (tertiary/aromatic N) is 2. The van der Waals surface area contributed by atoms with Crippen LogP contribution in [0.5, 0.6) is 0 Å². The summed E-state index contributed by atoms with van der Waals surface area (Å²) in [6.45, 7) is 10.1. The molecule has 3 nitrogen and oxygen atoms in total. The third kappa shape index (κ3) is 3.00. The Bertz CT molecular complexity index is 588. The van der Waals surface area contributed by atoms with Crippen molar-refractivity contribution in [2.24, 2.45) is 0 Å². The number of benzene rings is 1. The summed E-state index contributed by atoms with van der Waals surface area (Å²) in [5.74, 6) is 0.568. The molecule has 0 bridgehead atoms. The van der Waals surface area contributed by atoms with Gasteiger partial charge in [0.15, 0.2) is 0 Å². The van der Waals surface area contributed by atoms with Gasteiger partial charge >= 0.3 is 0 Å². The van der Waals surface area contributed by atoms with Crippen LogP contribution in [0.1, 0.15) is 24.0 Å². The lowest BCUT2D eigenvalue weighted by atomic mass is 9.98. The van der Waals surface area contributed by atoms with Crippen LogP contribution in [-0.2, 0) is 0 Å². The Balaban J connectivity index is 1.78. The van der Waals surface area contributed by atoms with E-state index in [0.29, 0.717) is 5.92 Å². The molecular weight excluding hydrogens is 246 g/mol. The van der Waals surface area contributed by atoms with Gasteiger partial charge in [0.05, 0.1) is 5.52 Å². The summed E-state index contributed by atoms with van der Waals surface area (Å²) in [4.78, 5) is 7.03. The molecule has 2 aromatic rings. The maximum atomic E-state index is 4.48. The summed E-state index contributed by atoms with van der Waals surface area (Å²) in [7, 11) is 0. The summed E-state index contributed by atoms with van der Waals surface area (Å²) >= 11 is 0. The van der Waals surface area contributed by atoms with Crippen molar-refractivity contribution in [2.75, 3.05) is 32.7 Å². The predicted molar refractivity (Wildman–Crippen MR) is 84.2 cm³/mol. The van der Waals surface area contributed by atoms with Gasteiger partial charge in [-0.15, -0.1) is 0 Å². The highest BCUT2D eigenvalue weighted by molar-refractivity contribution is 5.79. The van der Waals surface area contributed by atoms with Gasteiger partial charge in [0.2, 0.25) is 0 Å². The first-order chi connectivity index (χ1) is 9.72. The fraction of sp³-hybridized carbons (Fsp3) is 0.471. The van der Waals surface area contributed by atoms with Gasteiger partial charge in [0, 0.05) is 44.3 Å². The second-order valence-corrected chi connectivity index (χ2v) is 5.92. The highest BCUT2D eigenvalue weighted by Gasteiger charge is 2.14. The molecule has 1 fully saturated rings. The molecule has 1 aromatic carbocycles. The van der Waals surface area contributed by atoms with Crippen molar-refractivity contribution in [1.29, 1.82) is 0 Å². The third-order valence-corrected chi connectivity index (χ3v) is 4.15. The van der Waals surface area contributed by atoms with E-state index < -0.39 is 0 Å². The SMILES string of the molecule is Cc1cnc2ccc(C(C)CN3CCNCC3)cc2c1. The molecule has 2 heterocycles. The number of pyridine rings is 1. The maximum Gasteiger partial charge on any atom is 0.0702 e. The Morgan fingerprint density at radius 1 is 1.25 bits per heavy atom. The predicted octanol–water partition coefficient (Wildman–Crippen LogP) is 2.55. The number of piperazine rings is 1. The van der Waals surface area contributed by atoms with Crippen molar-refractivity contribution in [2.45, 2.75) is 19.8 Å². The lowest BCUT2D eigenvalue weighted by Gasteiger charge is -2.29. The van der Waals surface area contributed by atoms with Crippen molar-refractivity contribution in [3.05, 3.63) is 41.6 Å². The molecule has 0 aliphatic carbocycles. The highest BCUT2D eigenvalue weighted by Crippen LogP contribution is 2.22. The van der Waals surface area contributed by atoms with Crippen LogP contribution < -0.4 is 5.32 Å². The van der Waals surface area contributed by atoms with Crippen LogP contribution in [0, 0.1) is 6.92 Å². The molecule has 0 spiro atoms. The summed E-state index contributed by atoms with van der Waals surface area (Å²) in [5.41, 5.74) is 3.74. The van der Waals surface area contributed by atoms with Crippen LogP contribution in [-0.4, -0.2) is 42.6 Å². The number of aryl methyl sites for hydroxylation is 1. The lowest BCUT2D eigenvalue weighted by Crippen LogP contribution is -2.44. The lowest BCUT2D eigenvalue weighted by molar-refractivity contribution is 0.230. The smallest absolute Gasteiger partial charge is 0.0702 e. The maximum absolute atomic E-state index is 4.48. The quantitative estimate of drug-likeness (QED) is 0.928. The van der Waals surface area contributed by atoms with Crippen molar-refractivity contribution in [1.82, 2.24) is 15.2 Å². The molecule has 0 radical (unpaired) electrons. The average Bonchev–Trinajstić information content (AvgIpc) is 2.47. The normalized spacial score (nSPS) is 18.3. The van der Waals surface area contributed by atoms with Gasteiger partial charge in [-0.1, -0.05) is 13.0 Å². The molecular formula is C17H23N3. The number of nitrogens with one attached hydrogen (secondary N) is 1. The van der Waals surface area contributed by atoms with Crippen LogP contribution in [0.15, 0.2) is 30.5 Å².